The molecule has 0 saturated carbocycles. The Morgan fingerprint density at radius 2 is 1.82 bits per heavy atom. The van der Waals surface area contributed by atoms with Crippen LogP contribution in [-0.2, 0) is 0 Å². The fourth-order valence-corrected chi connectivity index (χ4v) is 3.82. The number of halogens is 1. The highest BCUT2D eigenvalue weighted by atomic mass is 35.5. The van der Waals surface area contributed by atoms with Crippen LogP contribution in [-0.4, -0.2) is 30.6 Å². The highest BCUT2D eigenvalue weighted by Crippen LogP contribution is 2.23. The van der Waals surface area contributed by atoms with Gasteiger partial charge in [-0.3, -0.25) is 9.59 Å². The van der Waals surface area contributed by atoms with Gasteiger partial charge in [0.2, 0.25) is 0 Å². The number of carbonyl (C=O) groups is 1. The molecule has 3 heterocycles. The summed E-state index contributed by atoms with van der Waals surface area (Å²) in [5, 5.41) is 8.87. The monoisotopic (exact) mass is 470 g/mol. The second-order valence-corrected chi connectivity index (χ2v) is 8.27. The number of amides is 1. The number of aryl methyl sites for hydroxylation is 2. The summed E-state index contributed by atoms with van der Waals surface area (Å²) in [7, 11) is 0. The first-order chi connectivity index (χ1) is 16.4. The van der Waals surface area contributed by atoms with E-state index in [4.69, 9.17) is 11.6 Å². The Kier molecular flexibility index (Phi) is 5.43. The Bertz CT molecular complexity index is 1600. The van der Waals surface area contributed by atoms with Crippen molar-refractivity contribution in [2.45, 2.75) is 13.8 Å². The molecule has 2 N–H and O–H groups in total. The third-order valence-corrected chi connectivity index (χ3v) is 5.61. The quantitative estimate of drug-likeness (QED) is 0.396. The molecule has 0 aliphatic heterocycles. The van der Waals surface area contributed by atoms with Crippen molar-refractivity contribution in [3.8, 4) is 17.2 Å². The number of hydrogen-bond acceptors (Lipinski definition) is 5. The van der Waals surface area contributed by atoms with Gasteiger partial charge in [0.05, 0.1) is 11.2 Å². The van der Waals surface area contributed by atoms with Crippen LogP contribution in [0.1, 0.15) is 21.6 Å². The number of pyridine rings is 1. The minimum Gasteiger partial charge on any atom is -0.306 e. The zero-order valence-electron chi connectivity index (χ0n) is 18.3. The molecule has 0 spiro atoms. The predicted molar refractivity (Wildman–Crippen MR) is 132 cm³/mol. The minimum atomic E-state index is -0.602. The maximum absolute atomic E-state index is 12.9. The number of fused-ring (bicyclic) bond motifs is 1. The number of hydrogen-bond donors (Lipinski definition) is 2. The molecule has 0 bridgehead atoms. The molecule has 0 unspecified atom stereocenters. The summed E-state index contributed by atoms with van der Waals surface area (Å²) in [5.41, 5.74) is 2.55. The van der Waals surface area contributed by atoms with Gasteiger partial charge in [0, 0.05) is 28.2 Å². The maximum Gasteiger partial charge on any atom is 0.264 e. The molecule has 0 aliphatic carbocycles. The van der Waals surface area contributed by atoms with Gasteiger partial charge in [-0.1, -0.05) is 29.8 Å². The lowest BCUT2D eigenvalue weighted by Crippen LogP contribution is -2.25. The molecular formula is C25H19ClN6O2. The summed E-state index contributed by atoms with van der Waals surface area (Å²) < 4.78 is 1.55. The van der Waals surface area contributed by atoms with Crippen LogP contribution in [0.15, 0.2) is 71.7 Å². The van der Waals surface area contributed by atoms with E-state index in [0.29, 0.717) is 33.7 Å². The molecule has 5 aromatic rings. The predicted octanol–water partition coefficient (Wildman–Crippen LogP) is 4.69. The number of H-pyrrole nitrogens is 1. The van der Waals surface area contributed by atoms with Gasteiger partial charge < -0.3 is 10.3 Å². The lowest BCUT2D eigenvalue weighted by atomic mass is 10.1. The van der Waals surface area contributed by atoms with E-state index in [-0.39, 0.29) is 5.56 Å². The van der Waals surface area contributed by atoms with E-state index in [1.165, 1.54) is 6.20 Å². The number of nitrogens with one attached hydrogen (secondary N) is 2. The molecular weight excluding hydrogens is 452 g/mol. The van der Waals surface area contributed by atoms with E-state index < -0.39 is 11.5 Å². The molecule has 5 rings (SSSR count). The van der Waals surface area contributed by atoms with Crippen molar-refractivity contribution in [1.82, 2.24) is 24.7 Å². The summed E-state index contributed by atoms with van der Waals surface area (Å²) >= 11 is 5.91. The molecule has 9 heteroatoms. The van der Waals surface area contributed by atoms with E-state index in [2.05, 4.69) is 25.4 Å². The van der Waals surface area contributed by atoms with Crippen molar-refractivity contribution in [3.63, 3.8) is 0 Å². The van der Waals surface area contributed by atoms with Gasteiger partial charge >= 0.3 is 0 Å². The summed E-state index contributed by atoms with van der Waals surface area (Å²) in [5.74, 6) is 0.695. The molecule has 8 nitrogen and oxygen atoms in total. The van der Waals surface area contributed by atoms with Crippen molar-refractivity contribution in [2.75, 3.05) is 5.32 Å². The van der Waals surface area contributed by atoms with Crippen molar-refractivity contribution in [1.29, 1.82) is 0 Å². The summed E-state index contributed by atoms with van der Waals surface area (Å²) in [6.45, 7) is 3.81. The number of carbonyl (C=O) groups excluding carboxylic acids is 1. The van der Waals surface area contributed by atoms with Crippen LogP contribution < -0.4 is 10.9 Å². The molecule has 2 aromatic carbocycles. The fourth-order valence-electron chi connectivity index (χ4n) is 3.70. The summed E-state index contributed by atoms with van der Waals surface area (Å²) in [6, 6.07) is 18.3. The molecule has 0 fully saturated rings. The van der Waals surface area contributed by atoms with Crippen LogP contribution >= 0.6 is 11.6 Å². The number of anilines is 1. The first-order valence-corrected chi connectivity index (χ1v) is 10.9. The van der Waals surface area contributed by atoms with Crippen LogP contribution in [0.5, 0.6) is 0 Å². The third-order valence-electron chi connectivity index (χ3n) is 5.36. The topological polar surface area (TPSA) is 106 Å². The number of nitrogens with zero attached hydrogens (tertiary/aromatic N) is 4. The molecule has 168 valence electrons. The molecule has 0 atom stereocenters. The van der Waals surface area contributed by atoms with Gasteiger partial charge in [0.25, 0.3) is 11.5 Å². The molecule has 3 aromatic heterocycles. The number of para-hydroxylation sites is 1. The molecule has 0 saturated heterocycles. The van der Waals surface area contributed by atoms with Crippen LogP contribution in [0.2, 0.25) is 5.02 Å². The highest BCUT2D eigenvalue weighted by molar-refractivity contribution is 6.30. The second-order valence-electron chi connectivity index (χ2n) is 7.83. The van der Waals surface area contributed by atoms with Crippen LogP contribution in [0, 0.1) is 13.8 Å². The average molecular weight is 471 g/mol. The second kappa shape index (κ2) is 8.57. The smallest absolute Gasteiger partial charge is 0.264 e. The van der Waals surface area contributed by atoms with Gasteiger partial charge in [0.15, 0.2) is 5.82 Å². The van der Waals surface area contributed by atoms with Gasteiger partial charge in [-0.15, -0.1) is 0 Å². The van der Waals surface area contributed by atoms with Gasteiger partial charge in [-0.2, -0.15) is 9.78 Å². The zero-order valence-corrected chi connectivity index (χ0v) is 19.1. The molecule has 0 aliphatic rings. The van der Waals surface area contributed by atoms with Crippen molar-refractivity contribution >= 4 is 34.2 Å². The van der Waals surface area contributed by atoms with E-state index in [1.54, 1.807) is 35.0 Å². The first-order valence-electron chi connectivity index (χ1n) is 10.5. The largest absolute Gasteiger partial charge is 0.306 e. The molecule has 1 amide bonds. The van der Waals surface area contributed by atoms with E-state index in [0.717, 1.165) is 16.5 Å². The molecule has 0 radical (unpaired) electrons. The summed E-state index contributed by atoms with van der Waals surface area (Å²) in [4.78, 5) is 37.2. The van der Waals surface area contributed by atoms with Crippen LogP contribution in [0.4, 0.5) is 5.82 Å². The Hall–Kier alpha value is -4.30. The fraction of sp³-hybridized carbons (Fsp3) is 0.0800. The Morgan fingerprint density at radius 3 is 2.59 bits per heavy atom. The van der Waals surface area contributed by atoms with Gasteiger partial charge in [0.1, 0.15) is 17.2 Å². The Morgan fingerprint density at radius 1 is 1.06 bits per heavy atom. The van der Waals surface area contributed by atoms with Crippen LogP contribution in [0.3, 0.4) is 0 Å². The van der Waals surface area contributed by atoms with Gasteiger partial charge in [-0.25, -0.2) is 9.97 Å². The highest BCUT2D eigenvalue weighted by Gasteiger charge is 2.17. The van der Waals surface area contributed by atoms with Crippen molar-refractivity contribution in [2.24, 2.45) is 0 Å². The standard InChI is InChI=1S/C25H19ClN6O2/c1-14-11-21(28-20-6-4-3-5-18(14)20)32-22(12-15(2)31-32)29-24(33)19-13-27-23(30-25(19)34)16-7-9-17(26)10-8-16/h3-13H,1-2H3,(H,29,33)(H,27,30,34). The third kappa shape index (κ3) is 4.06. The maximum atomic E-state index is 12.9. The number of aromatic amines is 1. The number of benzene rings is 2. The lowest BCUT2D eigenvalue weighted by molar-refractivity contribution is 0.102. The zero-order chi connectivity index (χ0) is 23.8. The summed E-state index contributed by atoms with van der Waals surface area (Å²) in [6.07, 6.45) is 1.25. The van der Waals surface area contributed by atoms with E-state index in [9.17, 15) is 9.59 Å². The Labute approximate surface area is 199 Å². The average Bonchev–Trinajstić information content (AvgIpc) is 3.19. The molecule has 34 heavy (non-hydrogen) atoms. The van der Waals surface area contributed by atoms with Crippen LogP contribution in [0.25, 0.3) is 28.1 Å². The number of rotatable bonds is 4. The van der Waals surface area contributed by atoms with Crippen molar-refractivity contribution < 1.29 is 4.79 Å². The first kappa shape index (κ1) is 21.5. The minimum absolute atomic E-state index is 0.120. The normalized spacial score (nSPS) is 11.0. The lowest BCUT2D eigenvalue weighted by Gasteiger charge is -2.10. The SMILES string of the molecule is Cc1cc(NC(=O)c2cnc(-c3ccc(Cl)cc3)[nH]c2=O)n(-c2cc(C)c3ccccc3n2)n1. The van der Waals surface area contributed by atoms with Crippen molar-refractivity contribution in [3.05, 3.63) is 99.1 Å². The number of aromatic nitrogens is 5. The Balaban J connectivity index is 1.46. The van der Waals surface area contributed by atoms with E-state index in [1.807, 2.05) is 44.2 Å². The van der Waals surface area contributed by atoms with E-state index >= 15 is 0 Å². The van der Waals surface area contributed by atoms with Gasteiger partial charge in [-0.05, 0) is 55.8 Å².